The molecule has 3 aromatic heterocycles. The van der Waals surface area contributed by atoms with Crippen molar-refractivity contribution in [2.75, 3.05) is 18.0 Å². The van der Waals surface area contributed by atoms with Gasteiger partial charge in [0.1, 0.15) is 5.65 Å². The Kier molecular flexibility index (Phi) is 3.17. The first-order valence-corrected chi connectivity index (χ1v) is 9.98. The van der Waals surface area contributed by atoms with E-state index < -0.39 is 0 Å². The summed E-state index contributed by atoms with van der Waals surface area (Å²) in [7, 11) is 3.62. The summed E-state index contributed by atoms with van der Waals surface area (Å²) in [5, 5.41) is 6.36. The summed E-state index contributed by atoms with van der Waals surface area (Å²) in [5.74, 6) is 1.15. The van der Waals surface area contributed by atoms with Gasteiger partial charge in [0, 0.05) is 61.6 Å². The Bertz CT molecular complexity index is 1380. The molecule has 4 aromatic rings. The average molecular weight is 410 g/mol. The monoisotopic (exact) mass is 409 g/mol. The van der Waals surface area contributed by atoms with Gasteiger partial charge in [-0.05, 0) is 18.4 Å². The SMILES string of the molecule is Cn1cc2c(Cl)c(-c3c[nH]c4nc(N5CC6CC6(N)C5)n(C)c(=O)c34)ccc2n1. The molecule has 0 amide bonds. The zero-order chi connectivity index (χ0) is 20.1. The Hall–Kier alpha value is -2.84. The van der Waals surface area contributed by atoms with Gasteiger partial charge in [-0.1, -0.05) is 17.7 Å². The number of benzene rings is 1. The van der Waals surface area contributed by atoms with Crippen molar-refractivity contribution in [2.24, 2.45) is 25.7 Å². The smallest absolute Gasteiger partial charge is 0.264 e. The number of aryl methyl sites for hydroxylation is 1. The first kappa shape index (κ1) is 17.1. The van der Waals surface area contributed by atoms with Crippen molar-refractivity contribution in [3.05, 3.63) is 39.9 Å². The van der Waals surface area contributed by atoms with Crippen molar-refractivity contribution < 1.29 is 0 Å². The molecule has 4 heterocycles. The number of halogens is 1. The van der Waals surface area contributed by atoms with Crippen molar-refractivity contribution in [2.45, 2.75) is 12.0 Å². The van der Waals surface area contributed by atoms with Crippen molar-refractivity contribution in [1.82, 2.24) is 24.3 Å². The lowest BCUT2D eigenvalue weighted by molar-refractivity contribution is 0.678. The molecule has 0 radical (unpaired) electrons. The number of fused-ring (bicyclic) bond motifs is 3. The number of nitrogens with one attached hydrogen (secondary N) is 1. The van der Waals surface area contributed by atoms with Gasteiger partial charge in [-0.3, -0.25) is 14.0 Å². The van der Waals surface area contributed by atoms with Crippen LogP contribution in [0.4, 0.5) is 5.95 Å². The molecule has 3 N–H and O–H groups in total. The van der Waals surface area contributed by atoms with Crippen molar-refractivity contribution in [1.29, 1.82) is 0 Å². The molecular weight excluding hydrogens is 390 g/mol. The van der Waals surface area contributed by atoms with Crippen molar-refractivity contribution in [3.63, 3.8) is 0 Å². The first-order chi connectivity index (χ1) is 13.9. The second-order valence-electron chi connectivity index (χ2n) is 8.38. The van der Waals surface area contributed by atoms with Gasteiger partial charge in [0.2, 0.25) is 5.95 Å². The average Bonchev–Trinajstić information content (AvgIpc) is 3.05. The molecule has 8 nitrogen and oxygen atoms in total. The number of aromatic amines is 1. The summed E-state index contributed by atoms with van der Waals surface area (Å²) in [4.78, 5) is 23.3. The third kappa shape index (κ3) is 2.27. The summed E-state index contributed by atoms with van der Waals surface area (Å²) in [6.45, 7) is 1.58. The standard InChI is InChI=1S/C20H20ClN7O/c1-26-8-13-14(25-26)4-3-11(16(13)21)12-6-23-17-15(12)18(29)27(2)19(24-17)28-7-10-5-20(10,22)9-28/h3-4,6,8,10,23H,5,7,9,22H2,1-2H3. The molecular formula is C20H20ClN7O. The molecule has 0 bridgehead atoms. The molecule has 29 heavy (non-hydrogen) atoms. The van der Waals surface area contributed by atoms with E-state index in [9.17, 15) is 4.79 Å². The quantitative estimate of drug-likeness (QED) is 0.527. The maximum atomic E-state index is 13.3. The van der Waals surface area contributed by atoms with Crippen LogP contribution in [0.2, 0.25) is 5.02 Å². The fraction of sp³-hybridized carbons (Fsp3) is 0.350. The Balaban J connectivity index is 1.52. The number of nitrogens with zero attached hydrogens (tertiary/aromatic N) is 5. The largest absolute Gasteiger partial charge is 0.345 e. The fourth-order valence-corrected chi connectivity index (χ4v) is 5.02. The van der Waals surface area contributed by atoms with E-state index in [1.165, 1.54) is 0 Å². The normalized spacial score (nSPS) is 23.3. The highest BCUT2D eigenvalue weighted by Crippen LogP contribution is 2.48. The zero-order valence-electron chi connectivity index (χ0n) is 16.1. The molecule has 9 heteroatoms. The minimum atomic E-state index is -0.111. The topological polar surface area (TPSA) is 97.8 Å². The third-order valence-corrected chi connectivity index (χ3v) is 6.81. The highest BCUT2D eigenvalue weighted by molar-refractivity contribution is 6.38. The van der Waals surface area contributed by atoms with Crippen LogP contribution in [0.3, 0.4) is 0 Å². The van der Waals surface area contributed by atoms with E-state index in [0.717, 1.165) is 41.5 Å². The minimum absolute atomic E-state index is 0.102. The van der Waals surface area contributed by atoms with Crippen LogP contribution in [-0.4, -0.2) is 42.9 Å². The lowest BCUT2D eigenvalue weighted by Crippen LogP contribution is -2.36. The number of hydrogen-bond acceptors (Lipinski definition) is 5. The maximum Gasteiger partial charge on any atom is 0.264 e. The molecule has 2 unspecified atom stereocenters. The van der Waals surface area contributed by atoms with Crippen LogP contribution in [0.5, 0.6) is 0 Å². The second-order valence-corrected chi connectivity index (χ2v) is 8.76. The molecule has 148 valence electrons. The highest BCUT2D eigenvalue weighted by Gasteiger charge is 2.57. The lowest BCUT2D eigenvalue weighted by Gasteiger charge is -2.22. The maximum absolute atomic E-state index is 13.3. The summed E-state index contributed by atoms with van der Waals surface area (Å²) in [5.41, 5.74) is 9.04. The lowest BCUT2D eigenvalue weighted by atomic mass is 10.0. The number of anilines is 1. The van der Waals surface area contributed by atoms with Gasteiger partial charge in [-0.15, -0.1) is 0 Å². The molecule has 6 rings (SSSR count). The van der Waals surface area contributed by atoms with Gasteiger partial charge >= 0.3 is 0 Å². The van der Waals surface area contributed by atoms with Gasteiger partial charge in [0.05, 0.1) is 15.9 Å². The van der Waals surface area contributed by atoms with E-state index in [1.807, 2.05) is 25.4 Å². The van der Waals surface area contributed by atoms with Gasteiger partial charge in [-0.2, -0.15) is 10.1 Å². The number of H-pyrrole nitrogens is 1. The van der Waals surface area contributed by atoms with E-state index in [2.05, 4.69) is 15.0 Å². The molecule has 1 aliphatic carbocycles. The number of rotatable bonds is 2. The molecule has 2 fully saturated rings. The molecule has 0 spiro atoms. The van der Waals surface area contributed by atoms with E-state index in [1.54, 1.807) is 22.5 Å². The zero-order valence-corrected chi connectivity index (χ0v) is 16.9. The van der Waals surface area contributed by atoms with Crippen LogP contribution in [0, 0.1) is 5.92 Å². The molecule has 2 atom stereocenters. The Morgan fingerprint density at radius 2 is 2.14 bits per heavy atom. The van der Waals surface area contributed by atoms with Crippen molar-refractivity contribution in [3.8, 4) is 11.1 Å². The first-order valence-electron chi connectivity index (χ1n) is 9.60. The fourth-order valence-electron chi connectivity index (χ4n) is 4.71. The van der Waals surface area contributed by atoms with Crippen LogP contribution < -0.4 is 16.2 Å². The third-order valence-electron chi connectivity index (χ3n) is 6.41. The number of hydrogen-bond donors (Lipinski definition) is 2. The van der Waals surface area contributed by atoms with Gasteiger partial charge in [-0.25, -0.2) is 0 Å². The van der Waals surface area contributed by atoms with Gasteiger partial charge < -0.3 is 15.6 Å². The summed E-state index contributed by atoms with van der Waals surface area (Å²) < 4.78 is 3.34. The number of aromatic nitrogens is 5. The van der Waals surface area contributed by atoms with Crippen LogP contribution in [-0.2, 0) is 14.1 Å². The Morgan fingerprint density at radius 3 is 2.90 bits per heavy atom. The van der Waals surface area contributed by atoms with Crippen LogP contribution >= 0.6 is 11.6 Å². The summed E-state index contributed by atoms with van der Waals surface area (Å²) >= 11 is 6.69. The van der Waals surface area contributed by atoms with Crippen molar-refractivity contribution >= 4 is 39.5 Å². The molecule has 1 aromatic carbocycles. The van der Waals surface area contributed by atoms with Crippen LogP contribution in [0.25, 0.3) is 33.1 Å². The molecule has 1 saturated heterocycles. The van der Waals surface area contributed by atoms with E-state index >= 15 is 0 Å². The van der Waals surface area contributed by atoms with E-state index in [-0.39, 0.29) is 11.1 Å². The summed E-state index contributed by atoms with van der Waals surface area (Å²) in [6, 6.07) is 3.82. The van der Waals surface area contributed by atoms with Gasteiger partial charge in [0.15, 0.2) is 0 Å². The van der Waals surface area contributed by atoms with Crippen LogP contribution in [0.15, 0.2) is 29.3 Å². The van der Waals surface area contributed by atoms with Gasteiger partial charge in [0.25, 0.3) is 5.56 Å². The Morgan fingerprint density at radius 1 is 1.31 bits per heavy atom. The summed E-state index contributed by atoms with van der Waals surface area (Å²) in [6.07, 6.45) is 4.74. The predicted octanol–water partition coefficient (Wildman–Crippen LogP) is 2.01. The number of nitrogens with two attached hydrogens (primary N) is 1. The van der Waals surface area contributed by atoms with Crippen LogP contribution in [0.1, 0.15) is 6.42 Å². The minimum Gasteiger partial charge on any atom is -0.345 e. The van der Waals surface area contributed by atoms with E-state index in [0.29, 0.717) is 27.9 Å². The number of piperidine rings is 1. The molecule has 2 aliphatic rings. The molecule has 1 aliphatic heterocycles. The highest BCUT2D eigenvalue weighted by atomic mass is 35.5. The Labute approximate surface area is 170 Å². The molecule has 1 saturated carbocycles. The van der Waals surface area contributed by atoms with E-state index in [4.69, 9.17) is 22.3 Å². The second kappa shape index (κ2) is 5.40. The predicted molar refractivity (Wildman–Crippen MR) is 113 cm³/mol.